The summed E-state index contributed by atoms with van der Waals surface area (Å²) in [5, 5.41) is 11.8. The van der Waals surface area contributed by atoms with Crippen LogP contribution in [0.1, 0.15) is 4.88 Å². The predicted molar refractivity (Wildman–Crippen MR) is 53.9 cm³/mol. The van der Waals surface area contributed by atoms with Gasteiger partial charge in [-0.25, -0.2) is 5.11 Å². The molecule has 0 spiro atoms. The zero-order valence-electron chi connectivity index (χ0n) is 6.21. The second-order valence-electron chi connectivity index (χ2n) is 2.51. The lowest BCUT2D eigenvalue weighted by molar-refractivity contribution is 0.180. The van der Waals surface area contributed by atoms with Gasteiger partial charge in [0.15, 0.2) is 0 Å². The van der Waals surface area contributed by atoms with Crippen molar-refractivity contribution in [1.82, 2.24) is 0 Å². The zero-order chi connectivity index (χ0) is 8.55. The molecule has 2 aromatic rings. The van der Waals surface area contributed by atoms with Gasteiger partial charge in [-0.3, -0.25) is 0 Å². The molecule has 1 nitrogen and oxygen atoms in total. The second kappa shape index (κ2) is 3.17. The Morgan fingerprint density at radius 1 is 1.42 bits per heavy atom. The molecule has 12 heavy (non-hydrogen) atoms. The molecule has 2 rings (SSSR count). The average molecular weight is 242 g/mol. The Labute approximate surface area is 82.8 Å². The summed E-state index contributed by atoms with van der Waals surface area (Å²) in [6.45, 7) is -0.119. The molecule has 0 fully saturated rings. The maximum absolute atomic E-state index is 10.6. The van der Waals surface area contributed by atoms with Crippen molar-refractivity contribution in [3.05, 3.63) is 33.6 Å². The summed E-state index contributed by atoms with van der Waals surface area (Å²) in [4.78, 5) is 0.900. The first-order valence-electron chi connectivity index (χ1n) is 3.56. The average Bonchev–Trinajstić information content (AvgIpc) is 2.49. The summed E-state index contributed by atoms with van der Waals surface area (Å²) in [6, 6.07) is 7.96. The van der Waals surface area contributed by atoms with Crippen LogP contribution in [0, 0.1) is 0 Å². The minimum atomic E-state index is -0.119. The van der Waals surface area contributed by atoms with E-state index in [9.17, 15) is 5.11 Å². The van der Waals surface area contributed by atoms with E-state index in [1.54, 1.807) is 11.3 Å². The summed E-state index contributed by atoms with van der Waals surface area (Å²) in [5.41, 5.74) is 0. The van der Waals surface area contributed by atoms with Gasteiger partial charge in [-0.05, 0) is 18.2 Å². The lowest BCUT2D eigenvalue weighted by Crippen LogP contribution is -1.68. The molecule has 0 N–H and O–H groups in total. The molecule has 1 heterocycles. The molecule has 0 saturated heterocycles. The Morgan fingerprint density at radius 2 is 2.25 bits per heavy atom. The fraction of sp³-hybridized carbons (Fsp3) is 0.111. The van der Waals surface area contributed by atoms with Gasteiger partial charge >= 0.3 is 0 Å². The summed E-state index contributed by atoms with van der Waals surface area (Å²) >= 11 is 5.01. The van der Waals surface area contributed by atoms with Crippen LogP contribution >= 0.6 is 27.3 Å². The molecule has 0 aliphatic rings. The van der Waals surface area contributed by atoms with Gasteiger partial charge in [0.25, 0.3) is 0 Å². The van der Waals surface area contributed by atoms with Gasteiger partial charge in [-0.15, -0.1) is 11.3 Å². The Hall–Kier alpha value is -0.380. The van der Waals surface area contributed by atoms with E-state index >= 15 is 0 Å². The molecule has 0 amide bonds. The molecule has 3 heteroatoms. The molecular weight excluding hydrogens is 236 g/mol. The fourth-order valence-electron chi connectivity index (χ4n) is 1.15. The van der Waals surface area contributed by atoms with Crippen molar-refractivity contribution in [2.75, 3.05) is 0 Å². The first kappa shape index (κ1) is 8.23. The molecule has 0 saturated carbocycles. The number of thiophene rings is 1. The van der Waals surface area contributed by atoms with E-state index in [0.717, 1.165) is 14.7 Å². The standard InChI is InChI=1S/C9H6BrOS/c10-8-2-1-3-9-7(8)4-6(5-11)12-9/h1-4H,5H2. The van der Waals surface area contributed by atoms with Crippen LogP contribution < -0.4 is 0 Å². The topological polar surface area (TPSA) is 19.9 Å². The van der Waals surface area contributed by atoms with Gasteiger partial charge in [0.1, 0.15) is 6.61 Å². The van der Waals surface area contributed by atoms with E-state index in [0.29, 0.717) is 0 Å². The number of halogens is 1. The maximum atomic E-state index is 10.6. The fourth-order valence-corrected chi connectivity index (χ4v) is 2.70. The SMILES string of the molecule is [O]Cc1cc2c(Br)cccc2s1. The van der Waals surface area contributed by atoms with Crippen LogP contribution in [0.15, 0.2) is 28.7 Å². The highest BCUT2D eigenvalue weighted by Crippen LogP contribution is 2.31. The number of hydrogen-bond acceptors (Lipinski definition) is 1. The molecule has 0 unspecified atom stereocenters. The third kappa shape index (κ3) is 1.28. The monoisotopic (exact) mass is 241 g/mol. The van der Waals surface area contributed by atoms with Crippen LogP contribution in [0.2, 0.25) is 0 Å². The number of hydrogen-bond donors (Lipinski definition) is 0. The minimum absolute atomic E-state index is 0.119. The first-order valence-corrected chi connectivity index (χ1v) is 5.17. The van der Waals surface area contributed by atoms with E-state index in [1.807, 2.05) is 24.3 Å². The minimum Gasteiger partial charge on any atom is -0.231 e. The van der Waals surface area contributed by atoms with Gasteiger partial charge in [-0.2, -0.15) is 0 Å². The molecule has 0 atom stereocenters. The lowest BCUT2D eigenvalue weighted by atomic mass is 10.2. The van der Waals surface area contributed by atoms with Crippen molar-refractivity contribution < 1.29 is 5.11 Å². The highest BCUT2D eigenvalue weighted by Gasteiger charge is 2.02. The third-order valence-corrected chi connectivity index (χ3v) is 3.47. The van der Waals surface area contributed by atoms with E-state index in [2.05, 4.69) is 15.9 Å². The molecular formula is C9H6BrOS. The normalized spacial score (nSPS) is 10.8. The van der Waals surface area contributed by atoms with Crippen LogP contribution in [-0.2, 0) is 11.7 Å². The van der Waals surface area contributed by atoms with Gasteiger partial charge in [0.2, 0.25) is 0 Å². The van der Waals surface area contributed by atoms with Crippen LogP contribution in [0.4, 0.5) is 0 Å². The molecule has 1 aromatic heterocycles. The smallest absolute Gasteiger partial charge is 0.116 e. The Bertz CT molecular complexity index is 408. The van der Waals surface area contributed by atoms with Crippen molar-refractivity contribution in [3.63, 3.8) is 0 Å². The van der Waals surface area contributed by atoms with E-state index < -0.39 is 0 Å². The highest BCUT2D eigenvalue weighted by atomic mass is 79.9. The van der Waals surface area contributed by atoms with Crippen LogP contribution in [-0.4, -0.2) is 0 Å². The van der Waals surface area contributed by atoms with Gasteiger partial charge in [0, 0.05) is 19.4 Å². The van der Waals surface area contributed by atoms with Crippen molar-refractivity contribution in [3.8, 4) is 0 Å². The third-order valence-electron chi connectivity index (χ3n) is 1.70. The lowest BCUT2D eigenvalue weighted by Gasteiger charge is -1.89. The van der Waals surface area contributed by atoms with E-state index in [1.165, 1.54) is 4.70 Å². The Morgan fingerprint density at radius 3 is 2.92 bits per heavy atom. The molecule has 0 bridgehead atoms. The molecule has 0 aliphatic carbocycles. The van der Waals surface area contributed by atoms with Crippen molar-refractivity contribution in [2.45, 2.75) is 6.61 Å². The van der Waals surface area contributed by atoms with Crippen LogP contribution in [0.3, 0.4) is 0 Å². The van der Waals surface area contributed by atoms with Crippen LogP contribution in [0.5, 0.6) is 0 Å². The largest absolute Gasteiger partial charge is 0.231 e. The van der Waals surface area contributed by atoms with E-state index in [-0.39, 0.29) is 6.61 Å². The quantitative estimate of drug-likeness (QED) is 0.728. The number of rotatable bonds is 1. The molecule has 0 aliphatic heterocycles. The van der Waals surface area contributed by atoms with E-state index in [4.69, 9.17) is 0 Å². The summed E-state index contributed by atoms with van der Waals surface area (Å²) in [6.07, 6.45) is 0. The highest BCUT2D eigenvalue weighted by molar-refractivity contribution is 9.10. The van der Waals surface area contributed by atoms with Crippen LogP contribution in [0.25, 0.3) is 10.1 Å². The maximum Gasteiger partial charge on any atom is 0.116 e. The predicted octanol–water partition coefficient (Wildman–Crippen LogP) is 3.59. The Balaban J connectivity index is 2.74. The molecule has 61 valence electrons. The van der Waals surface area contributed by atoms with Gasteiger partial charge in [-0.1, -0.05) is 22.0 Å². The molecule has 1 radical (unpaired) electrons. The Kier molecular flexibility index (Phi) is 2.17. The summed E-state index contributed by atoms with van der Waals surface area (Å²) in [5.74, 6) is 0. The second-order valence-corrected chi connectivity index (χ2v) is 4.53. The van der Waals surface area contributed by atoms with Crippen molar-refractivity contribution in [1.29, 1.82) is 0 Å². The van der Waals surface area contributed by atoms with Gasteiger partial charge < -0.3 is 0 Å². The zero-order valence-corrected chi connectivity index (χ0v) is 8.61. The summed E-state index contributed by atoms with van der Waals surface area (Å²) in [7, 11) is 0. The van der Waals surface area contributed by atoms with Crippen molar-refractivity contribution in [2.24, 2.45) is 0 Å². The number of benzene rings is 1. The van der Waals surface area contributed by atoms with Crippen molar-refractivity contribution >= 4 is 37.4 Å². The van der Waals surface area contributed by atoms with Gasteiger partial charge in [0.05, 0.1) is 0 Å². The number of fused-ring (bicyclic) bond motifs is 1. The first-order chi connectivity index (χ1) is 5.81. The summed E-state index contributed by atoms with van der Waals surface area (Å²) < 4.78 is 2.24. The molecule has 1 aromatic carbocycles.